The molecule has 0 saturated heterocycles. The third kappa shape index (κ3) is 6.24. The topological polar surface area (TPSA) is 69.0 Å². The summed E-state index contributed by atoms with van der Waals surface area (Å²) < 4.78 is 34.0. The van der Waals surface area contributed by atoms with Crippen molar-refractivity contribution in [3.63, 3.8) is 0 Å². The summed E-state index contributed by atoms with van der Waals surface area (Å²) in [5, 5.41) is 12.1. The van der Waals surface area contributed by atoms with Crippen LogP contribution in [0.15, 0.2) is 78.0 Å². The van der Waals surface area contributed by atoms with Gasteiger partial charge in [0.25, 0.3) is 5.91 Å². The lowest BCUT2D eigenvalue weighted by Crippen LogP contribution is -2.28. The number of amides is 1. The molecular formula is C26H24F2N4O2S. The standard InChI is InChI=1S/C26H24F2N4O2S/c1-17(29-25(33)20-7-3-5-18(15-20)19-6-4-8-22(28)16-19)24-30-31-26(32(24)2)35-14-13-34-23-11-9-21(27)10-12-23/h3-12,15-17H,13-14H2,1-2H3,(H,29,33). The molecule has 0 fully saturated rings. The fourth-order valence-electron chi connectivity index (χ4n) is 3.50. The van der Waals surface area contributed by atoms with Crippen LogP contribution < -0.4 is 10.1 Å². The summed E-state index contributed by atoms with van der Waals surface area (Å²) in [6.07, 6.45) is 0. The lowest BCUT2D eigenvalue weighted by atomic mass is 10.0. The van der Waals surface area contributed by atoms with Crippen molar-refractivity contribution in [2.45, 2.75) is 18.1 Å². The minimum atomic E-state index is -0.386. The molecule has 6 nitrogen and oxygen atoms in total. The highest BCUT2D eigenvalue weighted by atomic mass is 32.2. The number of aromatic nitrogens is 3. The zero-order valence-electron chi connectivity index (χ0n) is 19.2. The lowest BCUT2D eigenvalue weighted by molar-refractivity contribution is 0.0937. The Morgan fingerprint density at radius 3 is 2.46 bits per heavy atom. The zero-order valence-corrected chi connectivity index (χ0v) is 20.1. The molecule has 0 aliphatic carbocycles. The van der Waals surface area contributed by atoms with Gasteiger partial charge in [0, 0.05) is 18.4 Å². The van der Waals surface area contributed by atoms with Crippen molar-refractivity contribution in [2.24, 2.45) is 7.05 Å². The van der Waals surface area contributed by atoms with Crippen molar-refractivity contribution >= 4 is 17.7 Å². The van der Waals surface area contributed by atoms with Gasteiger partial charge in [0.05, 0.1) is 12.6 Å². The summed E-state index contributed by atoms with van der Waals surface area (Å²) >= 11 is 1.47. The van der Waals surface area contributed by atoms with Gasteiger partial charge in [-0.3, -0.25) is 4.79 Å². The largest absolute Gasteiger partial charge is 0.493 e. The first kappa shape index (κ1) is 24.4. The Kier molecular flexibility index (Phi) is 7.77. The Labute approximate surface area is 206 Å². The SMILES string of the molecule is CC(NC(=O)c1cccc(-c2cccc(F)c2)c1)c1nnc(SCCOc2ccc(F)cc2)n1C. The van der Waals surface area contributed by atoms with Crippen LogP contribution in [0.5, 0.6) is 5.75 Å². The molecule has 0 saturated carbocycles. The predicted molar refractivity (Wildman–Crippen MR) is 131 cm³/mol. The second-order valence-electron chi connectivity index (χ2n) is 7.84. The predicted octanol–water partition coefficient (Wildman–Crippen LogP) is 5.42. The maximum absolute atomic E-state index is 13.6. The van der Waals surface area contributed by atoms with Crippen LogP contribution in [-0.4, -0.2) is 33.0 Å². The molecule has 1 atom stereocenters. The molecule has 0 aliphatic rings. The average molecular weight is 495 g/mol. The normalized spacial score (nSPS) is 11.8. The number of halogens is 2. The van der Waals surface area contributed by atoms with E-state index in [1.54, 1.807) is 42.5 Å². The monoisotopic (exact) mass is 494 g/mol. The number of carbonyl (C=O) groups is 1. The number of carbonyl (C=O) groups excluding carboxylic acids is 1. The molecule has 0 radical (unpaired) electrons. The van der Waals surface area contributed by atoms with Gasteiger partial charge < -0.3 is 14.6 Å². The molecule has 3 aromatic carbocycles. The molecule has 4 rings (SSSR count). The van der Waals surface area contributed by atoms with Gasteiger partial charge in [0.2, 0.25) is 0 Å². The molecule has 9 heteroatoms. The summed E-state index contributed by atoms with van der Waals surface area (Å²) in [5.41, 5.74) is 1.92. The highest BCUT2D eigenvalue weighted by Gasteiger charge is 2.19. The van der Waals surface area contributed by atoms with E-state index in [0.717, 1.165) is 5.56 Å². The number of hydrogen-bond acceptors (Lipinski definition) is 5. The quantitative estimate of drug-likeness (QED) is 0.249. The number of ether oxygens (including phenoxy) is 1. The van der Waals surface area contributed by atoms with Crippen molar-refractivity contribution in [1.29, 1.82) is 0 Å². The van der Waals surface area contributed by atoms with Gasteiger partial charge in [-0.2, -0.15) is 0 Å². The summed E-state index contributed by atoms with van der Waals surface area (Å²) in [6.45, 7) is 2.26. The van der Waals surface area contributed by atoms with Crippen molar-refractivity contribution < 1.29 is 18.3 Å². The van der Waals surface area contributed by atoms with Gasteiger partial charge >= 0.3 is 0 Å². The van der Waals surface area contributed by atoms with Crippen LogP contribution in [0.2, 0.25) is 0 Å². The second-order valence-corrected chi connectivity index (χ2v) is 8.90. The van der Waals surface area contributed by atoms with Gasteiger partial charge in [-0.1, -0.05) is 36.0 Å². The van der Waals surface area contributed by atoms with E-state index in [-0.39, 0.29) is 23.6 Å². The molecule has 35 heavy (non-hydrogen) atoms. The Hall–Kier alpha value is -3.72. The Balaban J connectivity index is 1.34. The van der Waals surface area contributed by atoms with Crippen molar-refractivity contribution in [3.8, 4) is 16.9 Å². The summed E-state index contributed by atoms with van der Waals surface area (Å²) in [5.74, 6) is 0.935. The highest BCUT2D eigenvalue weighted by molar-refractivity contribution is 7.99. The summed E-state index contributed by atoms with van der Waals surface area (Å²) in [4.78, 5) is 12.9. The minimum absolute atomic E-state index is 0.263. The van der Waals surface area contributed by atoms with E-state index in [1.165, 1.54) is 36.0 Å². The Bertz CT molecular complexity index is 1310. The fraction of sp³-hybridized carbons (Fsp3) is 0.192. The second kappa shape index (κ2) is 11.1. The van der Waals surface area contributed by atoms with E-state index < -0.39 is 0 Å². The molecule has 1 N–H and O–H groups in total. The summed E-state index contributed by atoms with van der Waals surface area (Å²) in [7, 11) is 1.84. The lowest BCUT2D eigenvalue weighted by Gasteiger charge is -2.14. The van der Waals surface area contributed by atoms with Crippen LogP contribution in [-0.2, 0) is 7.05 Å². The van der Waals surface area contributed by atoms with Gasteiger partial charge in [-0.25, -0.2) is 8.78 Å². The van der Waals surface area contributed by atoms with Crippen LogP contribution in [0.3, 0.4) is 0 Å². The van der Waals surface area contributed by atoms with Gasteiger partial charge in [0.1, 0.15) is 17.4 Å². The molecule has 4 aromatic rings. The molecule has 1 heterocycles. The Morgan fingerprint density at radius 2 is 1.71 bits per heavy atom. The average Bonchev–Trinajstić information content (AvgIpc) is 3.23. The number of rotatable bonds is 9. The van der Waals surface area contributed by atoms with E-state index in [0.29, 0.717) is 40.2 Å². The number of benzene rings is 3. The minimum Gasteiger partial charge on any atom is -0.493 e. The smallest absolute Gasteiger partial charge is 0.251 e. The maximum Gasteiger partial charge on any atom is 0.251 e. The molecule has 0 spiro atoms. The van der Waals surface area contributed by atoms with E-state index in [9.17, 15) is 13.6 Å². The van der Waals surface area contributed by atoms with Crippen molar-refractivity contribution in [1.82, 2.24) is 20.1 Å². The molecule has 180 valence electrons. The number of thioether (sulfide) groups is 1. The molecule has 1 unspecified atom stereocenters. The first-order chi connectivity index (χ1) is 16.9. The molecule has 0 aliphatic heterocycles. The fourth-order valence-corrected chi connectivity index (χ4v) is 4.24. The van der Waals surface area contributed by atoms with Crippen LogP contribution in [0, 0.1) is 11.6 Å². The van der Waals surface area contributed by atoms with Crippen molar-refractivity contribution in [2.75, 3.05) is 12.4 Å². The highest BCUT2D eigenvalue weighted by Crippen LogP contribution is 2.23. The number of nitrogens with zero attached hydrogens (tertiary/aromatic N) is 3. The van der Waals surface area contributed by atoms with E-state index in [4.69, 9.17) is 4.74 Å². The van der Waals surface area contributed by atoms with Crippen molar-refractivity contribution in [3.05, 3.63) is 95.8 Å². The summed E-state index contributed by atoms with van der Waals surface area (Å²) in [6, 6.07) is 18.8. The van der Waals surface area contributed by atoms with Crippen LogP contribution in [0.4, 0.5) is 8.78 Å². The van der Waals surface area contributed by atoms with Crippen LogP contribution in [0.1, 0.15) is 29.1 Å². The van der Waals surface area contributed by atoms with Gasteiger partial charge in [-0.05, 0) is 66.6 Å². The van der Waals surface area contributed by atoms with E-state index >= 15 is 0 Å². The number of nitrogens with one attached hydrogen (secondary N) is 1. The van der Waals surface area contributed by atoms with Gasteiger partial charge in [0.15, 0.2) is 11.0 Å². The third-order valence-corrected chi connectivity index (χ3v) is 6.27. The Morgan fingerprint density at radius 1 is 1.00 bits per heavy atom. The van der Waals surface area contributed by atoms with Crippen LogP contribution in [0.25, 0.3) is 11.1 Å². The molecule has 1 aromatic heterocycles. The number of hydrogen-bond donors (Lipinski definition) is 1. The molecule has 0 bridgehead atoms. The van der Waals surface area contributed by atoms with E-state index in [2.05, 4.69) is 15.5 Å². The molecule has 1 amide bonds. The first-order valence-electron chi connectivity index (χ1n) is 11.0. The maximum atomic E-state index is 13.6. The van der Waals surface area contributed by atoms with Crippen LogP contribution >= 0.6 is 11.8 Å². The third-order valence-electron chi connectivity index (χ3n) is 5.28. The van der Waals surface area contributed by atoms with E-state index in [1.807, 2.05) is 24.6 Å². The zero-order chi connectivity index (χ0) is 24.8. The first-order valence-corrected chi connectivity index (χ1v) is 12.0. The molecular weight excluding hydrogens is 470 g/mol. The van der Waals surface area contributed by atoms with Gasteiger partial charge in [-0.15, -0.1) is 10.2 Å².